The molecule has 0 saturated heterocycles. The van der Waals surface area contributed by atoms with Gasteiger partial charge in [-0.15, -0.1) is 0 Å². The molecule has 0 heterocycles. The fourth-order valence-electron chi connectivity index (χ4n) is 2.20. The van der Waals surface area contributed by atoms with Gasteiger partial charge in [-0.25, -0.2) is 0 Å². The summed E-state index contributed by atoms with van der Waals surface area (Å²) < 4.78 is 48.7. The van der Waals surface area contributed by atoms with E-state index in [1.165, 1.54) is 12.1 Å². The molecule has 0 radical (unpaired) electrons. The number of rotatable bonds is 6. The number of alkyl halides is 3. The molecule has 2 aromatic rings. The number of hydrogen-bond donors (Lipinski definition) is 2. The summed E-state index contributed by atoms with van der Waals surface area (Å²) in [5.41, 5.74) is -1.14. The van der Waals surface area contributed by atoms with Crippen LogP contribution in [0.4, 0.5) is 18.9 Å². The van der Waals surface area contributed by atoms with Crippen LogP contribution in [-0.4, -0.2) is 23.6 Å². The Morgan fingerprint density at radius 3 is 2.31 bits per heavy atom. The van der Waals surface area contributed by atoms with E-state index in [0.717, 1.165) is 12.1 Å². The van der Waals surface area contributed by atoms with Crippen molar-refractivity contribution in [3.05, 3.63) is 45.9 Å². The molecule has 0 saturated carbocycles. The Balaban J connectivity index is 2.20. The number of hydrogen-bond acceptors (Lipinski definition) is 5. The quantitative estimate of drug-likeness (QED) is 0.453. The lowest BCUT2D eigenvalue weighted by Gasteiger charge is -2.14. The standard InChI is InChI=1S/C18H14Cl2F3NO5/c1-2-28-16(27)8-15(26)24-9-5-12(19)17(13(20)6-9)29-10-3-4-14(25)11(7-10)18(21,22)23/h3-7,25H,2,8H2,1H3,(H,24,26). The van der Waals surface area contributed by atoms with Gasteiger partial charge in [0.1, 0.15) is 23.5 Å². The predicted octanol–water partition coefficient (Wildman–Crippen LogP) is 5.40. The van der Waals surface area contributed by atoms with Crippen LogP contribution in [-0.2, 0) is 20.5 Å². The predicted molar refractivity (Wildman–Crippen MR) is 99.5 cm³/mol. The minimum Gasteiger partial charge on any atom is -0.507 e. The largest absolute Gasteiger partial charge is 0.507 e. The Morgan fingerprint density at radius 1 is 1.14 bits per heavy atom. The van der Waals surface area contributed by atoms with Crippen molar-refractivity contribution < 1.29 is 37.3 Å². The third-order valence-corrected chi connectivity index (χ3v) is 3.95. The molecule has 2 N–H and O–H groups in total. The van der Waals surface area contributed by atoms with Crippen molar-refractivity contribution in [3.63, 3.8) is 0 Å². The van der Waals surface area contributed by atoms with E-state index in [-0.39, 0.29) is 33.8 Å². The second-order valence-corrected chi connectivity index (χ2v) is 6.39. The number of aromatic hydroxyl groups is 1. The van der Waals surface area contributed by atoms with Gasteiger partial charge in [-0.05, 0) is 37.3 Å². The van der Waals surface area contributed by atoms with Gasteiger partial charge in [-0.3, -0.25) is 9.59 Å². The summed E-state index contributed by atoms with van der Waals surface area (Å²) in [5, 5.41) is 11.5. The van der Waals surface area contributed by atoms with E-state index in [0.29, 0.717) is 6.07 Å². The number of esters is 1. The van der Waals surface area contributed by atoms with E-state index in [1.807, 2.05) is 0 Å². The number of nitrogens with one attached hydrogen (secondary N) is 1. The number of carbonyl (C=O) groups is 2. The molecule has 6 nitrogen and oxygen atoms in total. The van der Waals surface area contributed by atoms with Gasteiger partial charge in [0.2, 0.25) is 5.91 Å². The maximum Gasteiger partial charge on any atom is 0.420 e. The second-order valence-electron chi connectivity index (χ2n) is 5.58. The first kappa shape index (κ1) is 22.6. The molecule has 0 aliphatic carbocycles. The van der Waals surface area contributed by atoms with Gasteiger partial charge in [-0.1, -0.05) is 23.2 Å². The number of phenolic OH excluding ortho intramolecular Hbond substituents is 1. The lowest BCUT2D eigenvalue weighted by atomic mass is 10.2. The second kappa shape index (κ2) is 9.23. The Bertz CT molecular complexity index is 911. The molecule has 0 aromatic heterocycles. The van der Waals surface area contributed by atoms with Gasteiger partial charge >= 0.3 is 12.1 Å². The lowest BCUT2D eigenvalue weighted by molar-refractivity contribution is -0.145. The number of carbonyl (C=O) groups excluding carboxylic acids is 2. The van der Waals surface area contributed by atoms with Gasteiger partial charge in [0, 0.05) is 5.69 Å². The number of phenols is 1. The number of amides is 1. The maximum atomic E-state index is 12.9. The first-order chi connectivity index (χ1) is 13.5. The molecule has 11 heteroatoms. The van der Waals surface area contributed by atoms with Crippen molar-refractivity contribution in [2.45, 2.75) is 19.5 Å². The average Bonchev–Trinajstić information content (AvgIpc) is 2.58. The molecule has 0 atom stereocenters. The van der Waals surface area contributed by atoms with E-state index in [2.05, 4.69) is 10.1 Å². The minimum absolute atomic E-state index is 0.106. The van der Waals surface area contributed by atoms with Crippen LogP contribution in [0.3, 0.4) is 0 Å². The van der Waals surface area contributed by atoms with Gasteiger partial charge in [0.15, 0.2) is 5.75 Å². The van der Waals surface area contributed by atoms with Crippen molar-refractivity contribution in [2.24, 2.45) is 0 Å². The molecular formula is C18H14Cl2F3NO5. The van der Waals surface area contributed by atoms with Crippen LogP contribution in [0.5, 0.6) is 17.2 Å². The van der Waals surface area contributed by atoms with Crippen molar-refractivity contribution in [1.29, 1.82) is 0 Å². The molecule has 2 rings (SSSR count). The molecule has 156 valence electrons. The molecule has 0 aliphatic heterocycles. The Kier molecular flexibility index (Phi) is 7.21. The highest BCUT2D eigenvalue weighted by Gasteiger charge is 2.34. The SMILES string of the molecule is CCOC(=O)CC(=O)Nc1cc(Cl)c(Oc2ccc(O)c(C(F)(F)F)c2)c(Cl)c1. The van der Waals surface area contributed by atoms with Crippen LogP contribution in [0.25, 0.3) is 0 Å². The first-order valence-corrected chi connectivity index (χ1v) is 8.79. The fraction of sp³-hybridized carbons (Fsp3) is 0.222. The molecule has 0 spiro atoms. The zero-order valence-electron chi connectivity index (χ0n) is 14.8. The number of ether oxygens (including phenoxy) is 2. The van der Waals surface area contributed by atoms with Crippen molar-refractivity contribution in [1.82, 2.24) is 0 Å². The normalized spacial score (nSPS) is 11.1. The molecule has 2 aromatic carbocycles. The minimum atomic E-state index is -4.79. The number of anilines is 1. The van der Waals surface area contributed by atoms with E-state index in [1.54, 1.807) is 6.92 Å². The maximum absolute atomic E-state index is 12.9. The van der Waals surface area contributed by atoms with Crippen LogP contribution in [0.15, 0.2) is 30.3 Å². The first-order valence-electron chi connectivity index (χ1n) is 8.03. The van der Waals surface area contributed by atoms with Gasteiger partial charge in [0.05, 0.1) is 16.7 Å². The summed E-state index contributed by atoms with van der Waals surface area (Å²) in [7, 11) is 0. The monoisotopic (exact) mass is 451 g/mol. The van der Waals surface area contributed by atoms with E-state index in [9.17, 15) is 27.9 Å². The third-order valence-electron chi connectivity index (χ3n) is 3.39. The molecule has 29 heavy (non-hydrogen) atoms. The molecule has 1 amide bonds. The molecule has 0 bridgehead atoms. The zero-order valence-corrected chi connectivity index (χ0v) is 16.3. The number of halogens is 5. The highest BCUT2D eigenvalue weighted by atomic mass is 35.5. The van der Waals surface area contributed by atoms with E-state index < -0.39 is 35.8 Å². The molecular weight excluding hydrogens is 438 g/mol. The third kappa shape index (κ3) is 6.16. The summed E-state index contributed by atoms with van der Waals surface area (Å²) in [6.45, 7) is 1.73. The van der Waals surface area contributed by atoms with Gasteiger partial charge in [0.25, 0.3) is 0 Å². The topological polar surface area (TPSA) is 84.9 Å². The van der Waals surface area contributed by atoms with Crippen molar-refractivity contribution in [3.8, 4) is 17.2 Å². The summed E-state index contributed by atoms with van der Waals surface area (Å²) in [5.74, 6) is -2.76. The van der Waals surface area contributed by atoms with Crippen LogP contribution < -0.4 is 10.1 Å². The van der Waals surface area contributed by atoms with Crippen molar-refractivity contribution in [2.75, 3.05) is 11.9 Å². The molecule has 0 fully saturated rings. The lowest BCUT2D eigenvalue weighted by Crippen LogP contribution is -2.18. The van der Waals surface area contributed by atoms with Crippen LogP contribution >= 0.6 is 23.2 Å². The Labute approximate surface area is 173 Å². The summed E-state index contributed by atoms with van der Waals surface area (Å²) >= 11 is 12.1. The Morgan fingerprint density at radius 2 is 1.76 bits per heavy atom. The summed E-state index contributed by atoms with van der Waals surface area (Å²) in [4.78, 5) is 23.1. The van der Waals surface area contributed by atoms with Crippen LogP contribution in [0, 0.1) is 0 Å². The zero-order chi connectivity index (χ0) is 21.8. The summed E-state index contributed by atoms with van der Waals surface area (Å²) in [6.07, 6.45) is -5.31. The van der Waals surface area contributed by atoms with Gasteiger partial charge < -0.3 is 19.9 Å². The smallest absolute Gasteiger partial charge is 0.420 e. The number of benzene rings is 2. The highest BCUT2D eigenvalue weighted by Crippen LogP contribution is 2.42. The fourth-order valence-corrected chi connectivity index (χ4v) is 2.77. The van der Waals surface area contributed by atoms with Gasteiger partial charge in [-0.2, -0.15) is 13.2 Å². The van der Waals surface area contributed by atoms with Crippen molar-refractivity contribution >= 4 is 40.8 Å². The summed E-state index contributed by atoms with van der Waals surface area (Å²) in [6, 6.07) is 5.01. The average molecular weight is 452 g/mol. The Hall–Kier alpha value is -2.65. The molecule has 0 aliphatic rings. The van der Waals surface area contributed by atoms with Crippen LogP contribution in [0.2, 0.25) is 10.0 Å². The molecule has 0 unspecified atom stereocenters. The van der Waals surface area contributed by atoms with Crippen LogP contribution in [0.1, 0.15) is 18.9 Å². The van der Waals surface area contributed by atoms with E-state index >= 15 is 0 Å². The van der Waals surface area contributed by atoms with E-state index in [4.69, 9.17) is 27.9 Å². The highest BCUT2D eigenvalue weighted by molar-refractivity contribution is 6.37.